The van der Waals surface area contributed by atoms with Crippen LogP contribution in [-0.2, 0) is 38.8 Å². The first-order valence-corrected chi connectivity index (χ1v) is 14.0. The molecule has 4 aromatic carbocycles. The van der Waals surface area contributed by atoms with Gasteiger partial charge in [-0.05, 0) is 46.5 Å². The molecule has 4 aromatic rings. The molecule has 6 heteroatoms. The minimum absolute atomic E-state index is 0.257. The number of aliphatic imine (C=N–C) groups is 1. The molecular weight excluding hydrogens is 514 g/mol. The summed E-state index contributed by atoms with van der Waals surface area (Å²) in [5.74, 6) is 0.806. The van der Waals surface area contributed by atoms with Crippen molar-refractivity contribution >= 4 is 6.21 Å². The van der Waals surface area contributed by atoms with Crippen molar-refractivity contribution < 1.29 is 23.7 Å². The van der Waals surface area contributed by atoms with E-state index >= 15 is 0 Å². The fourth-order valence-electron chi connectivity index (χ4n) is 4.79. The molecule has 0 spiro atoms. The molecule has 4 atom stereocenters. The van der Waals surface area contributed by atoms with Gasteiger partial charge >= 0.3 is 0 Å². The molecule has 41 heavy (non-hydrogen) atoms. The normalized spacial score (nSPS) is 20.7. The van der Waals surface area contributed by atoms with Crippen LogP contribution in [-0.4, -0.2) is 50.9 Å². The molecule has 1 fully saturated rings. The molecule has 0 unspecified atom stereocenters. The fraction of sp³-hybridized carbons (Fsp3) is 0.286. The highest BCUT2D eigenvalue weighted by Gasteiger charge is 2.42. The van der Waals surface area contributed by atoms with Crippen LogP contribution in [0, 0.1) is 0 Å². The quantitative estimate of drug-likeness (QED) is 0.183. The highest BCUT2D eigenvalue weighted by molar-refractivity contribution is 5.79. The topological polar surface area (TPSA) is 58.5 Å². The number of hydrogen-bond donors (Lipinski definition) is 0. The lowest BCUT2D eigenvalue weighted by atomic mass is 9.97. The first kappa shape index (κ1) is 28.7. The third-order valence-corrected chi connectivity index (χ3v) is 7.05. The molecule has 1 saturated heterocycles. The zero-order valence-electron chi connectivity index (χ0n) is 23.4. The summed E-state index contributed by atoms with van der Waals surface area (Å²) < 4.78 is 31.0. The van der Waals surface area contributed by atoms with Crippen molar-refractivity contribution in [3.63, 3.8) is 0 Å². The van der Waals surface area contributed by atoms with Gasteiger partial charge in [0.2, 0.25) is 0 Å². The van der Waals surface area contributed by atoms with Crippen LogP contribution < -0.4 is 4.74 Å². The summed E-state index contributed by atoms with van der Waals surface area (Å²) in [5.41, 5.74) is 4.27. The van der Waals surface area contributed by atoms with E-state index in [0.717, 1.165) is 28.0 Å². The van der Waals surface area contributed by atoms with Crippen LogP contribution in [0.4, 0.5) is 0 Å². The van der Waals surface area contributed by atoms with Crippen molar-refractivity contribution in [1.29, 1.82) is 0 Å². The Bertz CT molecular complexity index is 1320. The lowest BCUT2D eigenvalue weighted by molar-refractivity contribution is -0.203. The maximum Gasteiger partial charge on any atom is 0.118 e. The van der Waals surface area contributed by atoms with Gasteiger partial charge in [0.05, 0.1) is 40.1 Å². The van der Waals surface area contributed by atoms with E-state index in [1.807, 2.05) is 85.1 Å². The Balaban J connectivity index is 1.36. The number of rotatable bonds is 13. The second-order valence-corrected chi connectivity index (χ2v) is 10.0. The second-order valence-electron chi connectivity index (χ2n) is 10.0. The van der Waals surface area contributed by atoms with Crippen molar-refractivity contribution in [2.75, 3.05) is 20.3 Å². The average Bonchev–Trinajstić information content (AvgIpc) is 3.04. The van der Waals surface area contributed by atoms with Gasteiger partial charge in [0.1, 0.15) is 30.1 Å². The van der Waals surface area contributed by atoms with E-state index in [1.54, 1.807) is 7.11 Å². The SMILES string of the molecule is COc1ccc(C=N[C@H]2CO[C@H](COCc3ccccc3)[C@@H](OCc3ccccc3)[C@@H]2OCc2ccccc2)cc1. The number of benzene rings is 4. The molecule has 5 rings (SSSR count). The van der Waals surface area contributed by atoms with E-state index in [1.165, 1.54) is 0 Å². The van der Waals surface area contributed by atoms with E-state index in [0.29, 0.717) is 33.0 Å². The molecule has 1 aliphatic heterocycles. The molecule has 0 aliphatic carbocycles. The Morgan fingerprint density at radius 3 is 1.78 bits per heavy atom. The van der Waals surface area contributed by atoms with Crippen molar-refractivity contribution in [3.05, 3.63) is 138 Å². The summed E-state index contributed by atoms with van der Waals surface area (Å²) in [5, 5.41) is 0. The maximum atomic E-state index is 6.61. The molecular formula is C35H37NO5. The largest absolute Gasteiger partial charge is 0.497 e. The van der Waals surface area contributed by atoms with Gasteiger partial charge < -0.3 is 23.7 Å². The first-order valence-electron chi connectivity index (χ1n) is 14.0. The van der Waals surface area contributed by atoms with Crippen LogP contribution in [0.3, 0.4) is 0 Å². The van der Waals surface area contributed by atoms with Crippen LogP contribution in [0.5, 0.6) is 5.75 Å². The summed E-state index contributed by atoms with van der Waals surface area (Å²) in [6.07, 6.45) is 0.830. The predicted molar refractivity (Wildman–Crippen MR) is 160 cm³/mol. The maximum absolute atomic E-state index is 6.61. The molecule has 0 N–H and O–H groups in total. The van der Waals surface area contributed by atoms with Crippen LogP contribution in [0.15, 0.2) is 120 Å². The molecule has 1 heterocycles. The van der Waals surface area contributed by atoms with Gasteiger partial charge in [0, 0.05) is 6.21 Å². The number of nitrogens with zero attached hydrogens (tertiary/aromatic N) is 1. The van der Waals surface area contributed by atoms with Crippen LogP contribution in [0.1, 0.15) is 22.3 Å². The third-order valence-electron chi connectivity index (χ3n) is 7.05. The second kappa shape index (κ2) is 15.3. The van der Waals surface area contributed by atoms with Gasteiger partial charge in [-0.1, -0.05) is 91.0 Å². The van der Waals surface area contributed by atoms with Gasteiger partial charge in [-0.3, -0.25) is 4.99 Å². The summed E-state index contributed by atoms with van der Waals surface area (Å²) in [6.45, 7) is 2.17. The zero-order valence-corrected chi connectivity index (χ0v) is 23.4. The highest BCUT2D eigenvalue weighted by Crippen LogP contribution is 2.27. The molecule has 6 nitrogen and oxygen atoms in total. The van der Waals surface area contributed by atoms with Gasteiger partial charge in [-0.15, -0.1) is 0 Å². The standard InChI is InChI=1S/C35H37NO5/c1-37-31-19-17-27(18-20-31)21-36-32-25-39-33(26-38-22-28-11-5-2-6-12-28)35(41-24-30-15-9-4-10-16-30)34(32)40-23-29-13-7-3-8-14-29/h2-21,32-35H,22-26H2,1H3/t32-,33+,34+,35+/m0/s1. The van der Waals surface area contributed by atoms with Gasteiger partial charge in [0.25, 0.3) is 0 Å². The van der Waals surface area contributed by atoms with E-state index in [9.17, 15) is 0 Å². The van der Waals surface area contributed by atoms with Crippen LogP contribution in [0.2, 0.25) is 0 Å². The minimum atomic E-state index is -0.388. The van der Waals surface area contributed by atoms with Crippen molar-refractivity contribution in [2.45, 2.75) is 44.2 Å². The molecule has 0 saturated carbocycles. The van der Waals surface area contributed by atoms with Gasteiger partial charge in [-0.2, -0.15) is 0 Å². The number of ether oxygens (including phenoxy) is 5. The highest BCUT2D eigenvalue weighted by atomic mass is 16.6. The number of hydrogen-bond acceptors (Lipinski definition) is 6. The Morgan fingerprint density at radius 1 is 0.683 bits per heavy atom. The van der Waals surface area contributed by atoms with Crippen molar-refractivity contribution in [3.8, 4) is 5.75 Å². The Morgan fingerprint density at radius 2 is 1.22 bits per heavy atom. The van der Waals surface area contributed by atoms with E-state index in [4.69, 9.17) is 28.7 Å². The van der Waals surface area contributed by atoms with Crippen LogP contribution >= 0.6 is 0 Å². The summed E-state index contributed by atoms with van der Waals surface area (Å²) in [4.78, 5) is 4.93. The summed E-state index contributed by atoms with van der Waals surface area (Å²) in [7, 11) is 1.66. The lowest BCUT2D eigenvalue weighted by Gasteiger charge is -2.41. The molecule has 0 amide bonds. The summed E-state index contributed by atoms with van der Waals surface area (Å²) in [6, 6.07) is 38.0. The smallest absolute Gasteiger partial charge is 0.118 e. The predicted octanol–water partition coefficient (Wildman–Crippen LogP) is 6.27. The Kier molecular flexibility index (Phi) is 10.7. The lowest BCUT2D eigenvalue weighted by Crippen LogP contribution is -2.56. The fourth-order valence-corrected chi connectivity index (χ4v) is 4.79. The van der Waals surface area contributed by atoms with E-state index < -0.39 is 0 Å². The average molecular weight is 552 g/mol. The van der Waals surface area contributed by atoms with Gasteiger partial charge in [-0.25, -0.2) is 0 Å². The summed E-state index contributed by atoms with van der Waals surface area (Å²) >= 11 is 0. The van der Waals surface area contributed by atoms with Crippen LogP contribution in [0.25, 0.3) is 0 Å². The third kappa shape index (κ3) is 8.59. The number of methoxy groups -OCH3 is 1. The zero-order chi connectivity index (χ0) is 28.1. The van der Waals surface area contributed by atoms with Gasteiger partial charge in [0.15, 0.2) is 0 Å². The molecule has 0 radical (unpaired) electrons. The molecule has 212 valence electrons. The van der Waals surface area contributed by atoms with E-state index in [2.05, 4.69) is 36.4 Å². The monoisotopic (exact) mass is 551 g/mol. The molecule has 0 aromatic heterocycles. The molecule has 1 aliphatic rings. The van der Waals surface area contributed by atoms with Crippen molar-refractivity contribution in [2.24, 2.45) is 4.99 Å². The molecule has 0 bridgehead atoms. The Hall–Kier alpha value is -3.81. The van der Waals surface area contributed by atoms with Crippen molar-refractivity contribution in [1.82, 2.24) is 0 Å². The minimum Gasteiger partial charge on any atom is -0.497 e. The first-order chi connectivity index (χ1) is 20.3. The Labute approximate surface area is 242 Å². The van der Waals surface area contributed by atoms with E-state index in [-0.39, 0.29) is 24.4 Å².